The van der Waals surface area contributed by atoms with Crippen LogP contribution in [0.1, 0.15) is 48.4 Å². The molecule has 0 fully saturated rings. The molecule has 0 spiro atoms. The standard InChI is InChI=1S/C15H19NO2/c1-5-8-13(17)11-9-6-7-10-12(11)14(18)16-15(2,3)4/h5-10H,1-4H3,(H,16,18)/b8-5+. The van der Waals surface area contributed by atoms with E-state index in [1.807, 2.05) is 20.8 Å². The summed E-state index contributed by atoms with van der Waals surface area (Å²) in [7, 11) is 0. The van der Waals surface area contributed by atoms with Crippen molar-refractivity contribution in [2.45, 2.75) is 33.2 Å². The minimum atomic E-state index is -0.326. The first-order valence-electron chi connectivity index (χ1n) is 5.93. The van der Waals surface area contributed by atoms with Gasteiger partial charge in [0.1, 0.15) is 0 Å². The van der Waals surface area contributed by atoms with Crippen LogP contribution in [0.5, 0.6) is 0 Å². The Kier molecular flexibility index (Phi) is 4.43. The minimum absolute atomic E-state index is 0.155. The maximum Gasteiger partial charge on any atom is 0.252 e. The average molecular weight is 245 g/mol. The van der Waals surface area contributed by atoms with Gasteiger partial charge >= 0.3 is 0 Å². The van der Waals surface area contributed by atoms with Crippen molar-refractivity contribution < 1.29 is 9.59 Å². The van der Waals surface area contributed by atoms with Gasteiger partial charge in [0.25, 0.3) is 5.91 Å². The summed E-state index contributed by atoms with van der Waals surface area (Å²) in [5.74, 6) is -0.381. The topological polar surface area (TPSA) is 46.2 Å². The molecule has 0 aromatic heterocycles. The first kappa shape index (κ1) is 14.2. The van der Waals surface area contributed by atoms with Crippen LogP contribution in [0.25, 0.3) is 0 Å². The Balaban J connectivity index is 3.10. The molecule has 0 saturated carbocycles. The molecule has 1 N–H and O–H groups in total. The van der Waals surface area contributed by atoms with Crippen LogP contribution in [-0.2, 0) is 0 Å². The van der Waals surface area contributed by atoms with Crippen LogP contribution in [0.3, 0.4) is 0 Å². The van der Waals surface area contributed by atoms with E-state index in [1.54, 1.807) is 37.3 Å². The lowest BCUT2D eigenvalue weighted by atomic mass is 10.0. The number of benzene rings is 1. The molecule has 1 aromatic carbocycles. The fourth-order valence-corrected chi connectivity index (χ4v) is 1.55. The summed E-state index contributed by atoms with van der Waals surface area (Å²) in [4.78, 5) is 24.0. The van der Waals surface area contributed by atoms with Crippen molar-refractivity contribution in [2.75, 3.05) is 0 Å². The number of carbonyl (C=O) groups is 2. The molecule has 0 atom stereocenters. The number of hydrogen-bond acceptors (Lipinski definition) is 2. The van der Waals surface area contributed by atoms with Gasteiger partial charge in [-0.2, -0.15) is 0 Å². The van der Waals surface area contributed by atoms with Crippen molar-refractivity contribution in [1.29, 1.82) is 0 Å². The highest BCUT2D eigenvalue weighted by molar-refractivity contribution is 6.12. The van der Waals surface area contributed by atoms with E-state index in [1.165, 1.54) is 6.08 Å². The van der Waals surface area contributed by atoms with Gasteiger partial charge in [-0.05, 0) is 39.8 Å². The largest absolute Gasteiger partial charge is 0.347 e. The van der Waals surface area contributed by atoms with Gasteiger partial charge in [0, 0.05) is 11.1 Å². The van der Waals surface area contributed by atoms with Crippen LogP contribution < -0.4 is 5.32 Å². The van der Waals surface area contributed by atoms with Gasteiger partial charge in [-0.25, -0.2) is 0 Å². The van der Waals surface area contributed by atoms with Crippen LogP contribution in [-0.4, -0.2) is 17.2 Å². The summed E-state index contributed by atoms with van der Waals surface area (Å²) in [6.07, 6.45) is 3.13. The summed E-state index contributed by atoms with van der Waals surface area (Å²) in [5, 5.41) is 2.86. The van der Waals surface area contributed by atoms with Crippen molar-refractivity contribution in [3.63, 3.8) is 0 Å². The molecule has 0 aliphatic heterocycles. The van der Waals surface area contributed by atoms with Gasteiger partial charge in [-0.3, -0.25) is 9.59 Å². The van der Waals surface area contributed by atoms with Gasteiger partial charge in [0.2, 0.25) is 0 Å². The number of carbonyl (C=O) groups excluding carboxylic acids is 2. The second-order valence-electron chi connectivity index (χ2n) is 5.11. The number of ketones is 1. The zero-order valence-corrected chi connectivity index (χ0v) is 11.3. The van der Waals surface area contributed by atoms with Crippen molar-refractivity contribution in [3.05, 3.63) is 47.5 Å². The van der Waals surface area contributed by atoms with E-state index >= 15 is 0 Å². The highest BCUT2D eigenvalue weighted by Gasteiger charge is 2.19. The Morgan fingerprint density at radius 2 is 1.67 bits per heavy atom. The third kappa shape index (κ3) is 3.84. The van der Waals surface area contributed by atoms with E-state index in [2.05, 4.69) is 5.32 Å². The molecule has 0 aliphatic rings. The van der Waals surface area contributed by atoms with Crippen molar-refractivity contribution in [3.8, 4) is 0 Å². The third-order valence-corrected chi connectivity index (χ3v) is 2.24. The summed E-state index contributed by atoms with van der Waals surface area (Å²) in [5.41, 5.74) is 0.515. The summed E-state index contributed by atoms with van der Waals surface area (Å²) < 4.78 is 0. The average Bonchev–Trinajstić information content (AvgIpc) is 2.27. The molecule has 0 aliphatic carbocycles. The van der Waals surface area contributed by atoms with Crippen molar-refractivity contribution in [2.24, 2.45) is 0 Å². The molecule has 1 aromatic rings. The summed E-state index contributed by atoms with van der Waals surface area (Å²) in [6, 6.07) is 6.84. The van der Waals surface area contributed by atoms with Crippen molar-refractivity contribution >= 4 is 11.7 Å². The maximum atomic E-state index is 12.1. The minimum Gasteiger partial charge on any atom is -0.347 e. The molecule has 0 bridgehead atoms. The second-order valence-corrected chi connectivity index (χ2v) is 5.11. The SMILES string of the molecule is C/C=C/C(=O)c1ccccc1C(=O)NC(C)(C)C. The number of rotatable bonds is 3. The fourth-order valence-electron chi connectivity index (χ4n) is 1.55. The molecule has 1 amide bonds. The monoisotopic (exact) mass is 245 g/mol. The van der Waals surface area contributed by atoms with E-state index in [0.29, 0.717) is 11.1 Å². The lowest BCUT2D eigenvalue weighted by molar-refractivity contribution is 0.0911. The molecule has 0 saturated heterocycles. The highest BCUT2D eigenvalue weighted by Crippen LogP contribution is 2.12. The van der Waals surface area contributed by atoms with Crippen LogP contribution >= 0.6 is 0 Å². The zero-order valence-electron chi connectivity index (χ0n) is 11.3. The van der Waals surface area contributed by atoms with E-state index in [9.17, 15) is 9.59 Å². The third-order valence-electron chi connectivity index (χ3n) is 2.24. The fraction of sp³-hybridized carbons (Fsp3) is 0.333. The molecule has 3 nitrogen and oxygen atoms in total. The number of amides is 1. The smallest absolute Gasteiger partial charge is 0.252 e. The predicted molar refractivity (Wildman–Crippen MR) is 72.8 cm³/mol. The van der Waals surface area contributed by atoms with E-state index in [0.717, 1.165) is 0 Å². The van der Waals surface area contributed by atoms with Gasteiger partial charge in [0.15, 0.2) is 5.78 Å². The Bertz CT molecular complexity index is 482. The van der Waals surface area contributed by atoms with E-state index in [4.69, 9.17) is 0 Å². The molecule has 0 unspecified atom stereocenters. The maximum absolute atomic E-state index is 12.1. The summed E-state index contributed by atoms with van der Waals surface area (Å²) >= 11 is 0. The lowest BCUT2D eigenvalue weighted by Crippen LogP contribution is -2.41. The van der Waals surface area contributed by atoms with Gasteiger partial charge in [-0.1, -0.05) is 24.3 Å². The molecular formula is C15H19NO2. The Labute approximate surface area is 108 Å². The molecule has 1 rings (SSSR count). The second kappa shape index (κ2) is 5.63. The number of hydrogen-bond donors (Lipinski definition) is 1. The predicted octanol–water partition coefficient (Wildman–Crippen LogP) is 2.97. The molecule has 3 heteroatoms. The molecule has 0 heterocycles. The lowest BCUT2D eigenvalue weighted by Gasteiger charge is -2.21. The summed E-state index contributed by atoms with van der Waals surface area (Å²) in [6.45, 7) is 7.49. The quantitative estimate of drug-likeness (QED) is 0.657. The molecular weight excluding hydrogens is 226 g/mol. The Hall–Kier alpha value is -1.90. The molecule has 96 valence electrons. The van der Waals surface area contributed by atoms with Crippen LogP contribution in [0.2, 0.25) is 0 Å². The van der Waals surface area contributed by atoms with Crippen LogP contribution in [0, 0.1) is 0 Å². The number of nitrogens with one attached hydrogen (secondary N) is 1. The van der Waals surface area contributed by atoms with Crippen LogP contribution in [0.4, 0.5) is 0 Å². The Morgan fingerprint density at radius 1 is 1.11 bits per heavy atom. The zero-order chi connectivity index (χ0) is 13.8. The van der Waals surface area contributed by atoms with E-state index < -0.39 is 0 Å². The molecule has 18 heavy (non-hydrogen) atoms. The first-order chi connectivity index (χ1) is 8.35. The van der Waals surface area contributed by atoms with Gasteiger partial charge in [-0.15, -0.1) is 0 Å². The molecule has 0 radical (unpaired) electrons. The normalized spacial score (nSPS) is 11.6. The van der Waals surface area contributed by atoms with Crippen molar-refractivity contribution in [1.82, 2.24) is 5.32 Å². The first-order valence-corrected chi connectivity index (χ1v) is 5.93. The highest BCUT2D eigenvalue weighted by atomic mass is 16.2. The van der Waals surface area contributed by atoms with Gasteiger partial charge < -0.3 is 5.32 Å². The Morgan fingerprint density at radius 3 is 2.17 bits per heavy atom. The number of allylic oxidation sites excluding steroid dienone is 2. The van der Waals surface area contributed by atoms with Crippen LogP contribution in [0.15, 0.2) is 36.4 Å². The van der Waals surface area contributed by atoms with E-state index in [-0.39, 0.29) is 17.2 Å². The van der Waals surface area contributed by atoms with Gasteiger partial charge in [0.05, 0.1) is 5.56 Å².